The van der Waals surface area contributed by atoms with Crippen molar-refractivity contribution in [3.05, 3.63) is 59.7 Å². The summed E-state index contributed by atoms with van der Waals surface area (Å²) in [5.41, 5.74) is 2.60. The smallest absolute Gasteiger partial charge is 0.271 e. The molecule has 1 saturated heterocycles. The van der Waals surface area contributed by atoms with Gasteiger partial charge in [-0.1, -0.05) is 24.3 Å². The number of hydrogen-bond acceptors (Lipinski definition) is 5. The van der Waals surface area contributed by atoms with E-state index in [1.54, 1.807) is 30.3 Å². The van der Waals surface area contributed by atoms with Crippen LogP contribution in [0.25, 0.3) is 0 Å². The molecule has 1 unspecified atom stereocenters. The molecule has 0 bridgehead atoms. The summed E-state index contributed by atoms with van der Waals surface area (Å²) in [6.45, 7) is 3.08. The average molecular weight is 434 g/mol. The number of nitrogens with zero attached hydrogens (tertiary/aromatic N) is 2. The Kier molecular flexibility index (Phi) is 6.61. The molecule has 2 aliphatic rings. The Morgan fingerprint density at radius 2 is 1.97 bits per heavy atom. The molecule has 32 heavy (non-hydrogen) atoms. The van der Waals surface area contributed by atoms with Gasteiger partial charge in [0.1, 0.15) is 5.71 Å². The maximum absolute atomic E-state index is 12.9. The van der Waals surface area contributed by atoms with Crippen LogP contribution in [0.5, 0.6) is 0 Å². The molecule has 2 aliphatic heterocycles. The Labute approximate surface area is 186 Å². The fourth-order valence-electron chi connectivity index (χ4n) is 3.77. The summed E-state index contributed by atoms with van der Waals surface area (Å²) < 4.78 is 5.54. The first-order chi connectivity index (χ1) is 15.5. The highest BCUT2D eigenvalue weighted by molar-refractivity contribution is 6.44. The number of ether oxygens (including phenoxy) is 1. The zero-order valence-corrected chi connectivity index (χ0v) is 18.0. The zero-order chi connectivity index (χ0) is 22.5. The van der Waals surface area contributed by atoms with E-state index in [-0.39, 0.29) is 36.5 Å². The minimum atomic E-state index is -0.436. The normalized spacial score (nSPS) is 18.3. The van der Waals surface area contributed by atoms with Gasteiger partial charge in [-0.15, -0.1) is 0 Å². The third kappa shape index (κ3) is 5.03. The summed E-state index contributed by atoms with van der Waals surface area (Å²) in [7, 11) is 0. The third-order valence-corrected chi connectivity index (χ3v) is 5.48. The van der Waals surface area contributed by atoms with Gasteiger partial charge in [0.25, 0.3) is 11.8 Å². The Balaban J connectivity index is 1.48. The highest BCUT2D eigenvalue weighted by Crippen LogP contribution is 2.22. The second-order valence-corrected chi connectivity index (χ2v) is 7.94. The fraction of sp³-hybridized carbons (Fsp3) is 0.333. The Morgan fingerprint density at radius 3 is 2.75 bits per heavy atom. The van der Waals surface area contributed by atoms with Crippen LogP contribution in [-0.4, -0.2) is 42.7 Å². The monoisotopic (exact) mass is 434 g/mol. The van der Waals surface area contributed by atoms with Gasteiger partial charge >= 0.3 is 0 Å². The van der Waals surface area contributed by atoms with Gasteiger partial charge in [-0.2, -0.15) is 5.10 Å². The summed E-state index contributed by atoms with van der Waals surface area (Å²) >= 11 is 0. The summed E-state index contributed by atoms with van der Waals surface area (Å²) in [4.78, 5) is 38.0. The molecule has 2 heterocycles. The number of hydrazone groups is 1. The number of amides is 3. The molecule has 0 aliphatic carbocycles. The first kappa shape index (κ1) is 21.7. The van der Waals surface area contributed by atoms with E-state index in [9.17, 15) is 14.4 Å². The van der Waals surface area contributed by atoms with Gasteiger partial charge in [-0.05, 0) is 49.6 Å². The zero-order valence-electron chi connectivity index (χ0n) is 18.0. The van der Waals surface area contributed by atoms with Crippen molar-refractivity contribution in [2.45, 2.75) is 38.7 Å². The van der Waals surface area contributed by atoms with Gasteiger partial charge in [0, 0.05) is 26.0 Å². The number of carbonyl (C=O) groups is 3. The van der Waals surface area contributed by atoms with Crippen molar-refractivity contribution >= 4 is 34.8 Å². The SMILES string of the molecule is Cc1cccc(N2N=C(C(=O)Nc3ccccc3C(=O)NCC3CCCO3)CCC2=O)c1. The molecule has 2 aromatic carbocycles. The highest BCUT2D eigenvalue weighted by Gasteiger charge is 2.26. The summed E-state index contributed by atoms with van der Waals surface area (Å²) in [6.07, 6.45) is 2.37. The van der Waals surface area contributed by atoms with Gasteiger partial charge in [0.2, 0.25) is 5.91 Å². The van der Waals surface area contributed by atoms with Crippen molar-refractivity contribution in [2.24, 2.45) is 5.10 Å². The van der Waals surface area contributed by atoms with Crippen LogP contribution in [0.2, 0.25) is 0 Å². The Hall–Kier alpha value is -3.52. The van der Waals surface area contributed by atoms with E-state index in [1.165, 1.54) is 5.01 Å². The van der Waals surface area contributed by atoms with E-state index in [4.69, 9.17) is 4.74 Å². The van der Waals surface area contributed by atoms with Gasteiger partial charge in [-0.25, -0.2) is 5.01 Å². The van der Waals surface area contributed by atoms with E-state index in [2.05, 4.69) is 15.7 Å². The predicted molar refractivity (Wildman–Crippen MR) is 122 cm³/mol. The van der Waals surface area contributed by atoms with Crippen LogP contribution in [0.3, 0.4) is 0 Å². The average Bonchev–Trinajstić information content (AvgIpc) is 3.32. The van der Waals surface area contributed by atoms with Crippen molar-refractivity contribution in [3.8, 4) is 0 Å². The Morgan fingerprint density at radius 1 is 1.12 bits per heavy atom. The number of carbonyl (C=O) groups excluding carboxylic acids is 3. The van der Waals surface area contributed by atoms with Crippen LogP contribution in [0, 0.1) is 6.92 Å². The van der Waals surface area contributed by atoms with E-state index in [0.29, 0.717) is 23.5 Å². The van der Waals surface area contributed by atoms with Gasteiger partial charge in [0.15, 0.2) is 0 Å². The molecule has 1 fully saturated rings. The Bertz CT molecular complexity index is 1060. The van der Waals surface area contributed by atoms with Crippen molar-refractivity contribution in [3.63, 3.8) is 0 Å². The second-order valence-electron chi connectivity index (χ2n) is 7.94. The molecule has 166 valence electrons. The first-order valence-corrected chi connectivity index (χ1v) is 10.8. The first-order valence-electron chi connectivity index (χ1n) is 10.8. The molecule has 8 nitrogen and oxygen atoms in total. The standard InChI is InChI=1S/C24H26N4O4/c1-16-6-4-7-17(14-16)28-22(29)12-11-21(27-28)24(31)26-20-10-3-2-9-19(20)23(30)25-15-18-8-5-13-32-18/h2-4,6-7,9-10,14,18H,5,8,11-13,15H2,1H3,(H,25,30)(H,26,31). The number of anilines is 2. The number of hydrogen-bond donors (Lipinski definition) is 2. The number of benzene rings is 2. The molecule has 0 radical (unpaired) electrons. The lowest BCUT2D eigenvalue weighted by molar-refractivity contribution is -0.118. The fourth-order valence-corrected chi connectivity index (χ4v) is 3.77. The van der Waals surface area contributed by atoms with Crippen molar-refractivity contribution in [2.75, 3.05) is 23.5 Å². The van der Waals surface area contributed by atoms with Gasteiger partial charge < -0.3 is 15.4 Å². The second kappa shape index (κ2) is 9.74. The van der Waals surface area contributed by atoms with E-state index >= 15 is 0 Å². The minimum absolute atomic E-state index is 0.0300. The quantitative estimate of drug-likeness (QED) is 0.730. The highest BCUT2D eigenvalue weighted by atomic mass is 16.5. The van der Waals surface area contributed by atoms with Crippen molar-refractivity contribution in [1.29, 1.82) is 0 Å². The largest absolute Gasteiger partial charge is 0.376 e. The van der Waals surface area contributed by atoms with Crippen LogP contribution < -0.4 is 15.6 Å². The van der Waals surface area contributed by atoms with Crippen LogP contribution >= 0.6 is 0 Å². The lowest BCUT2D eigenvalue weighted by atomic mass is 10.1. The lowest BCUT2D eigenvalue weighted by Gasteiger charge is -2.23. The number of rotatable bonds is 6. The van der Waals surface area contributed by atoms with E-state index in [0.717, 1.165) is 25.0 Å². The van der Waals surface area contributed by atoms with Crippen LogP contribution in [0.15, 0.2) is 53.6 Å². The maximum Gasteiger partial charge on any atom is 0.271 e. The number of aryl methyl sites for hydroxylation is 1. The van der Waals surface area contributed by atoms with Gasteiger partial charge in [0.05, 0.1) is 23.0 Å². The predicted octanol–water partition coefficient (Wildman–Crippen LogP) is 3.03. The molecular formula is C24H26N4O4. The molecular weight excluding hydrogens is 408 g/mol. The van der Waals surface area contributed by atoms with Crippen LogP contribution in [0.4, 0.5) is 11.4 Å². The molecule has 0 aromatic heterocycles. The van der Waals surface area contributed by atoms with Gasteiger partial charge in [-0.3, -0.25) is 14.4 Å². The van der Waals surface area contributed by atoms with Crippen molar-refractivity contribution < 1.29 is 19.1 Å². The third-order valence-electron chi connectivity index (χ3n) is 5.48. The summed E-state index contributed by atoms with van der Waals surface area (Å²) in [5.74, 6) is -0.880. The summed E-state index contributed by atoms with van der Waals surface area (Å²) in [6, 6.07) is 14.2. The van der Waals surface area contributed by atoms with Crippen LogP contribution in [-0.2, 0) is 14.3 Å². The van der Waals surface area contributed by atoms with Crippen LogP contribution in [0.1, 0.15) is 41.6 Å². The van der Waals surface area contributed by atoms with E-state index in [1.807, 2.05) is 25.1 Å². The molecule has 2 N–H and O–H groups in total. The maximum atomic E-state index is 12.9. The molecule has 0 spiro atoms. The number of nitrogens with one attached hydrogen (secondary N) is 2. The molecule has 0 saturated carbocycles. The minimum Gasteiger partial charge on any atom is -0.376 e. The molecule has 3 amide bonds. The molecule has 1 atom stereocenters. The van der Waals surface area contributed by atoms with E-state index < -0.39 is 5.91 Å². The molecule has 2 aromatic rings. The van der Waals surface area contributed by atoms with Crippen molar-refractivity contribution in [1.82, 2.24) is 5.32 Å². The molecule has 8 heteroatoms. The molecule has 4 rings (SSSR count). The number of para-hydroxylation sites is 1. The summed E-state index contributed by atoms with van der Waals surface area (Å²) in [5, 5.41) is 11.2. The topological polar surface area (TPSA) is 100 Å². The lowest BCUT2D eigenvalue weighted by Crippen LogP contribution is -2.37.